The van der Waals surface area contributed by atoms with E-state index in [1.807, 2.05) is 29.2 Å². The van der Waals surface area contributed by atoms with Gasteiger partial charge < -0.3 is 19.3 Å². The number of nitrogens with zero attached hydrogens (tertiary/aromatic N) is 6. The summed E-state index contributed by atoms with van der Waals surface area (Å²) < 4.78 is 12.7. The average Bonchev–Trinajstić information content (AvgIpc) is 3.40. The Hall–Kier alpha value is -3.46. The Kier molecular flexibility index (Phi) is 5.95. The third-order valence-electron chi connectivity index (χ3n) is 6.70. The van der Waals surface area contributed by atoms with Gasteiger partial charge in [0.05, 0.1) is 37.4 Å². The predicted molar refractivity (Wildman–Crippen MR) is 128 cm³/mol. The molecule has 2 aliphatic rings. The normalized spacial score (nSPS) is 17.9. The highest BCUT2D eigenvalue weighted by Crippen LogP contribution is 2.43. The molecule has 178 valence electrons. The van der Waals surface area contributed by atoms with Crippen LogP contribution < -0.4 is 9.47 Å². The van der Waals surface area contributed by atoms with Gasteiger partial charge in [0.15, 0.2) is 0 Å². The van der Waals surface area contributed by atoms with E-state index >= 15 is 0 Å². The summed E-state index contributed by atoms with van der Waals surface area (Å²) in [5.41, 5.74) is 3.07. The van der Waals surface area contributed by atoms with E-state index in [4.69, 9.17) is 14.5 Å². The molecule has 1 saturated carbocycles. The standard InChI is InChI=1S/C25H30N6O3/c1-29(2)17-10-12-30(15-17)24(32)20-14-27-31(23(20)16-5-6-16)25-26-11-9-21(28-25)19-13-18(33-3)7-8-22(19)34-4/h7-9,11,13-14,16-17H,5-6,10,12,15H2,1-4H3/t17-/m0/s1. The quantitative estimate of drug-likeness (QED) is 0.534. The van der Waals surface area contributed by atoms with Crippen LogP contribution in [0.1, 0.15) is 41.2 Å². The molecule has 2 aromatic heterocycles. The molecule has 0 spiro atoms. The van der Waals surface area contributed by atoms with Crippen LogP contribution in [0, 0.1) is 0 Å². The van der Waals surface area contributed by atoms with Gasteiger partial charge in [-0.25, -0.2) is 14.6 Å². The first kappa shape index (κ1) is 22.3. The molecule has 0 unspecified atom stereocenters. The van der Waals surface area contributed by atoms with Crippen LogP contribution in [0.2, 0.25) is 0 Å². The highest BCUT2D eigenvalue weighted by atomic mass is 16.5. The second-order valence-electron chi connectivity index (χ2n) is 9.09. The van der Waals surface area contributed by atoms with Crippen LogP contribution >= 0.6 is 0 Å². The summed E-state index contributed by atoms with van der Waals surface area (Å²) in [6, 6.07) is 7.81. The van der Waals surface area contributed by atoms with Crippen LogP contribution in [0.3, 0.4) is 0 Å². The van der Waals surface area contributed by atoms with Gasteiger partial charge >= 0.3 is 0 Å². The molecule has 1 amide bonds. The van der Waals surface area contributed by atoms with Crippen molar-refractivity contribution >= 4 is 5.91 Å². The van der Waals surface area contributed by atoms with Crippen LogP contribution in [-0.4, -0.2) is 82.9 Å². The van der Waals surface area contributed by atoms with Crippen LogP contribution in [0.4, 0.5) is 0 Å². The molecule has 2 fully saturated rings. The number of ether oxygens (including phenoxy) is 2. The number of rotatable bonds is 7. The lowest BCUT2D eigenvalue weighted by Crippen LogP contribution is -2.34. The lowest BCUT2D eigenvalue weighted by molar-refractivity contribution is 0.0782. The fourth-order valence-corrected chi connectivity index (χ4v) is 4.56. The number of amides is 1. The molecule has 34 heavy (non-hydrogen) atoms. The van der Waals surface area contributed by atoms with Crippen LogP contribution in [0.15, 0.2) is 36.7 Å². The fourth-order valence-electron chi connectivity index (χ4n) is 4.56. The van der Waals surface area contributed by atoms with Gasteiger partial charge in [-0.3, -0.25) is 4.79 Å². The molecule has 1 atom stereocenters. The topological polar surface area (TPSA) is 85.6 Å². The van der Waals surface area contributed by atoms with E-state index in [2.05, 4.69) is 29.1 Å². The van der Waals surface area contributed by atoms with Gasteiger partial charge in [0.2, 0.25) is 0 Å². The van der Waals surface area contributed by atoms with Crippen LogP contribution in [0.5, 0.6) is 11.5 Å². The Morgan fingerprint density at radius 1 is 1.12 bits per heavy atom. The number of aromatic nitrogens is 4. The first-order chi connectivity index (χ1) is 16.5. The average molecular weight is 463 g/mol. The lowest BCUT2D eigenvalue weighted by atomic mass is 10.1. The van der Waals surface area contributed by atoms with Gasteiger partial charge in [-0.05, 0) is 57.6 Å². The molecule has 1 aromatic carbocycles. The fraction of sp³-hybridized carbons (Fsp3) is 0.440. The Labute approximate surface area is 199 Å². The number of carbonyl (C=O) groups is 1. The van der Waals surface area contributed by atoms with Crippen molar-refractivity contribution in [2.24, 2.45) is 0 Å². The molecular formula is C25H30N6O3. The summed E-state index contributed by atoms with van der Waals surface area (Å²) in [5.74, 6) is 2.18. The highest BCUT2D eigenvalue weighted by molar-refractivity contribution is 5.95. The first-order valence-corrected chi connectivity index (χ1v) is 11.6. The number of likely N-dealkylation sites (N-methyl/N-ethyl adjacent to an activating group) is 1. The summed E-state index contributed by atoms with van der Waals surface area (Å²) >= 11 is 0. The van der Waals surface area contributed by atoms with Crippen molar-refractivity contribution in [3.8, 4) is 28.7 Å². The molecule has 0 N–H and O–H groups in total. The molecule has 1 aliphatic heterocycles. The smallest absolute Gasteiger partial charge is 0.257 e. The van der Waals surface area contributed by atoms with Gasteiger partial charge in [-0.1, -0.05) is 0 Å². The van der Waals surface area contributed by atoms with Crippen molar-refractivity contribution in [3.63, 3.8) is 0 Å². The minimum absolute atomic E-state index is 0.0446. The number of carbonyl (C=O) groups excluding carboxylic acids is 1. The molecule has 0 bridgehead atoms. The molecular weight excluding hydrogens is 432 g/mol. The minimum Gasteiger partial charge on any atom is -0.497 e. The number of likely N-dealkylation sites (tertiary alicyclic amines) is 1. The maximum absolute atomic E-state index is 13.4. The van der Waals surface area contributed by atoms with Crippen molar-refractivity contribution in [2.75, 3.05) is 41.4 Å². The van der Waals surface area contributed by atoms with Gasteiger partial charge in [0, 0.05) is 36.8 Å². The maximum Gasteiger partial charge on any atom is 0.257 e. The Morgan fingerprint density at radius 2 is 1.94 bits per heavy atom. The molecule has 9 nitrogen and oxygen atoms in total. The Balaban J connectivity index is 1.50. The zero-order valence-electron chi connectivity index (χ0n) is 20.1. The van der Waals surface area contributed by atoms with Gasteiger partial charge in [-0.2, -0.15) is 5.10 Å². The highest BCUT2D eigenvalue weighted by Gasteiger charge is 2.36. The van der Waals surface area contributed by atoms with E-state index in [9.17, 15) is 4.79 Å². The Morgan fingerprint density at radius 3 is 2.62 bits per heavy atom. The van der Waals surface area contributed by atoms with Gasteiger partial charge in [0.1, 0.15) is 11.5 Å². The SMILES string of the molecule is COc1ccc(OC)c(-c2ccnc(-n3ncc(C(=O)N4CC[C@H](N(C)C)C4)c3C3CC3)n2)c1. The summed E-state index contributed by atoms with van der Waals surface area (Å²) in [6.07, 6.45) is 6.45. The van der Waals surface area contributed by atoms with E-state index in [1.54, 1.807) is 31.3 Å². The number of hydrogen-bond acceptors (Lipinski definition) is 7. The van der Waals surface area contributed by atoms with Crippen molar-refractivity contribution < 1.29 is 14.3 Å². The van der Waals surface area contributed by atoms with E-state index in [1.165, 1.54) is 0 Å². The summed E-state index contributed by atoms with van der Waals surface area (Å²) in [5, 5.41) is 4.58. The predicted octanol–water partition coefficient (Wildman–Crippen LogP) is 3.00. The zero-order valence-corrected chi connectivity index (χ0v) is 20.1. The molecule has 9 heteroatoms. The number of methoxy groups -OCH3 is 2. The minimum atomic E-state index is 0.0446. The van der Waals surface area contributed by atoms with Crippen molar-refractivity contribution in [1.82, 2.24) is 29.5 Å². The second kappa shape index (κ2) is 9.06. The lowest BCUT2D eigenvalue weighted by Gasteiger charge is -2.20. The molecule has 1 aliphatic carbocycles. The third kappa shape index (κ3) is 4.11. The van der Waals surface area contributed by atoms with E-state index in [0.29, 0.717) is 40.7 Å². The van der Waals surface area contributed by atoms with Crippen molar-refractivity contribution in [1.29, 1.82) is 0 Å². The summed E-state index contributed by atoms with van der Waals surface area (Å²) in [4.78, 5) is 26.9. The monoisotopic (exact) mass is 462 g/mol. The number of hydrogen-bond donors (Lipinski definition) is 0. The van der Waals surface area contributed by atoms with E-state index in [-0.39, 0.29) is 5.91 Å². The largest absolute Gasteiger partial charge is 0.497 e. The zero-order chi connectivity index (χ0) is 23.8. The summed E-state index contributed by atoms with van der Waals surface area (Å²) in [7, 11) is 7.38. The third-order valence-corrected chi connectivity index (χ3v) is 6.70. The van der Waals surface area contributed by atoms with Gasteiger partial charge in [-0.15, -0.1) is 0 Å². The van der Waals surface area contributed by atoms with E-state index in [0.717, 1.165) is 43.6 Å². The van der Waals surface area contributed by atoms with Gasteiger partial charge in [0.25, 0.3) is 11.9 Å². The molecule has 0 radical (unpaired) electrons. The Bertz CT molecular complexity index is 1200. The van der Waals surface area contributed by atoms with Crippen molar-refractivity contribution in [2.45, 2.75) is 31.2 Å². The molecule has 3 aromatic rings. The summed E-state index contributed by atoms with van der Waals surface area (Å²) in [6.45, 7) is 1.50. The number of benzene rings is 1. The second-order valence-corrected chi connectivity index (χ2v) is 9.09. The molecule has 5 rings (SSSR count). The van der Waals surface area contributed by atoms with E-state index < -0.39 is 0 Å². The van der Waals surface area contributed by atoms with Crippen LogP contribution in [0.25, 0.3) is 17.2 Å². The van der Waals surface area contributed by atoms with Crippen LogP contribution in [-0.2, 0) is 0 Å². The first-order valence-electron chi connectivity index (χ1n) is 11.6. The van der Waals surface area contributed by atoms with Crippen molar-refractivity contribution in [3.05, 3.63) is 47.9 Å². The molecule has 1 saturated heterocycles. The molecule has 3 heterocycles. The maximum atomic E-state index is 13.4.